The lowest BCUT2D eigenvalue weighted by atomic mass is 9.60. The van der Waals surface area contributed by atoms with E-state index in [0.29, 0.717) is 17.5 Å². The molecule has 0 saturated carbocycles. The number of hydrogen-bond donors (Lipinski definition) is 0. The molecule has 0 N–H and O–H groups in total. The van der Waals surface area contributed by atoms with Gasteiger partial charge in [-0.1, -0.05) is 76.4 Å². The van der Waals surface area contributed by atoms with Crippen molar-refractivity contribution in [3.05, 3.63) is 109 Å². The number of aromatic nitrogens is 4. The molecule has 0 radical (unpaired) electrons. The highest BCUT2D eigenvalue weighted by Crippen LogP contribution is 2.38. The molecule has 10 aromatic rings. The van der Waals surface area contributed by atoms with Gasteiger partial charge < -0.3 is 8.98 Å². The first-order valence-electron chi connectivity index (χ1n) is 20.9. The standard InChI is InChI=1S/C45H38B10N4O/c46-33-31(34(47)38(51)41(54)37(33)50)44-56-43(57-45(58-44)32-35(48)39(52)42(55)40(53)36(32)49)21-11-14-25-24-13-10-20(17-29(24)60-30(25)18-21)19-12-15-28-26(16-19)23-8-4-5-9-27(23)59(28)22-6-2-1-3-7-22/h1-18H,46-55H2. The molecule has 0 atom stereocenters. The molecule has 0 unspecified atom stereocenters. The lowest BCUT2D eigenvalue weighted by Crippen LogP contribution is -2.55. The van der Waals surface area contributed by atoms with Crippen LogP contribution in [0.1, 0.15) is 0 Å². The fraction of sp³-hybridized carbons (Fsp3) is 0. The zero-order valence-electron chi connectivity index (χ0n) is 36.1. The van der Waals surface area contributed by atoms with Crippen molar-refractivity contribution in [2.45, 2.75) is 0 Å². The summed E-state index contributed by atoms with van der Waals surface area (Å²) in [4.78, 5) is 15.8. The molecule has 0 amide bonds. The van der Waals surface area contributed by atoms with Crippen molar-refractivity contribution < 1.29 is 4.42 Å². The van der Waals surface area contributed by atoms with E-state index in [1.54, 1.807) is 0 Å². The highest BCUT2D eigenvalue weighted by molar-refractivity contribution is 6.70. The largest absolute Gasteiger partial charge is 0.456 e. The van der Waals surface area contributed by atoms with Crippen molar-refractivity contribution in [1.82, 2.24) is 19.5 Å². The van der Waals surface area contributed by atoms with Crippen LogP contribution in [0.15, 0.2) is 114 Å². The van der Waals surface area contributed by atoms with Gasteiger partial charge >= 0.3 is 0 Å². The Morgan fingerprint density at radius 3 is 1.37 bits per heavy atom. The third kappa shape index (κ3) is 5.80. The first-order chi connectivity index (χ1) is 28.9. The van der Waals surface area contributed by atoms with Crippen LogP contribution in [0.3, 0.4) is 0 Å². The maximum atomic E-state index is 6.72. The van der Waals surface area contributed by atoms with Gasteiger partial charge in [0, 0.05) is 43.9 Å². The van der Waals surface area contributed by atoms with Gasteiger partial charge in [-0.05, 0) is 65.7 Å². The SMILES string of the molecule is Bc1c(B)c(B)c(-c2nc(-c3ccc4c(c3)oc3cc(-c5ccc6c(c5)c5ccccc5n6-c5ccccc5)ccc34)nc(-c3c(B)c(B)c(B)c(B)c3B)n2)c(B)c1B. The van der Waals surface area contributed by atoms with Gasteiger partial charge in [-0.25, -0.2) is 15.0 Å². The first-order valence-corrected chi connectivity index (χ1v) is 20.9. The second kappa shape index (κ2) is 14.2. The summed E-state index contributed by atoms with van der Waals surface area (Å²) in [6.45, 7) is 0. The zero-order valence-corrected chi connectivity index (χ0v) is 36.1. The highest BCUT2D eigenvalue weighted by atomic mass is 16.3. The molecule has 274 valence electrons. The molecule has 7 aromatic carbocycles. The molecular formula is C45H38B10N4O. The van der Waals surface area contributed by atoms with E-state index >= 15 is 0 Å². The van der Waals surface area contributed by atoms with Crippen LogP contribution in [0, 0.1) is 0 Å². The van der Waals surface area contributed by atoms with Gasteiger partial charge in [0.15, 0.2) is 17.5 Å². The molecule has 0 saturated heterocycles. The lowest BCUT2D eigenvalue weighted by Gasteiger charge is -2.22. The molecule has 0 aliphatic rings. The number of benzene rings is 7. The molecule has 0 aliphatic carbocycles. The topological polar surface area (TPSA) is 56.7 Å². The Balaban J connectivity index is 1.12. The quantitative estimate of drug-likeness (QED) is 0.165. The van der Waals surface area contributed by atoms with Gasteiger partial charge in [0.05, 0.1) is 11.0 Å². The van der Waals surface area contributed by atoms with E-state index in [4.69, 9.17) is 19.4 Å². The third-order valence-corrected chi connectivity index (χ3v) is 13.8. The Labute approximate surface area is 359 Å². The Morgan fingerprint density at radius 1 is 0.350 bits per heavy atom. The predicted molar refractivity (Wildman–Crippen MR) is 285 cm³/mol. The molecule has 0 spiro atoms. The minimum absolute atomic E-state index is 0.630. The highest BCUT2D eigenvalue weighted by Gasteiger charge is 2.22. The van der Waals surface area contributed by atoms with E-state index in [2.05, 4.69) is 192 Å². The number of nitrogens with zero attached hydrogens (tertiary/aromatic N) is 4. The number of fused-ring (bicyclic) bond motifs is 6. The molecule has 60 heavy (non-hydrogen) atoms. The summed E-state index contributed by atoms with van der Waals surface area (Å²) < 4.78 is 9.07. The first kappa shape index (κ1) is 38.0. The van der Waals surface area contributed by atoms with E-state index in [-0.39, 0.29) is 0 Å². The Morgan fingerprint density at radius 2 is 0.783 bits per heavy atom. The van der Waals surface area contributed by atoms with E-state index in [9.17, 15) is 0 Å². The summed E-state index contributed by atoms with van der Waals surface area (Å²) in [6.07, 6.45) is 0. The molecule has 5 nitrogen and oxygen atoms in total. The summed E-state index contributed by atoms with van der Waals surface area (Å²) in [5.41, 5.74) is 23.0. The maximum absolute atomic E-state index is 6.72. The van der Waals surface area contributed by atoms with Crippen LogP contribution in [-0.4, -0.2) is 98.0 Å². The van der Waals surface area contributed by atoms with Crippen LogP contribution in [0.2, 0.25) is 0 Å². The van der Waals surface area contributed by atoms with Crippen molar-refractivity contribution in [3.63, 3.8) is 0 Å². The maximum Gasteiger partial charge on any atom is 0.164 e. The average molecular weight is 759 g/mol. The monoisotopic (exact) mass is 760 g/mol. The van der Waals surface area contributed by atoms with Crippen LogP contribution in [-0.2, 0) is 0 Å². The van der Waals surface area contributed by atoms with Crippen LogP contribution in [0.4, 0.5) is 0 Å². The van der Waals surface area contributed by atoms with Crippen LogP contribution in [0.25, 0.3) is 94.7 Å². The van der Waals surface area contributed by atoms with Crippen molar-refractivity contribution in [2.75, 3.05) is 0 Å². The summed E-state index contributed by atoms with van der Waals surface area (Å²) in [5, 5.41) is 4.59. The molecule has 3 aromatic heterocycles. The smallest absolute Gasteiger partial charge is 0.164 e. The zero-order chi connectivity index (χ0) is 41.7. The number of hydrogen-bond acceptors (Lipinski definition) is 4. The van der Waals surface area contributed by atoms with Gasteiger partial charge in [-0.2, -0.15) is 0 Å². The van der Waals surface area contributed by atoms with Crippen molar-refractivity contribution >= 4 is 177 Å². The summed E-state index contributed by atoms with van der Waals surface area (Å²) in [6, 6.07) is 39.0. The fourth-order valence-corrected chi connectivity index (χ4v) is 9.50. The molecule has 10 rings (SSSR count). The van der Waals surface area contributed by atoms with Crippen LogP contribution >= 0.6 is 0 Å². The number of furan rings is 1. The van der Waals surface area contributed by atoms with Crippen molar-refractivity contribution in [1.29, 1.82) is 0 Å². The summed E-state index contributed by atoms with van der Waals surface area (Å²) in [7, 11) is 22.0. The van der Waals surface area contributed by atoms with Gasteiger partial charge in [-0.3, -0.25) is 0 Å². The lowest BCUT2D eigenvalue weighted by molar-refractivity contribution is 0.669. The number of rotatable bonds is 5. The second-order valence-corrected chi connectivity index (χ2v) is 16.8. The Hall–Kier alpha value is -6.20. The molecule has 0 aliphatic heterocycles. The van der Waals surface area contributed by atoms with Crippen molar-refractivity contribution in [3.8, 4) is 51.0 Å². The van der Waals surface area contributed by atoms with Crippen molar-refractivity contribution in [2.24, 2.45) is 0 Å². The normalized spacial score (nSPS) is 11.7. The second-order valence-electron chi connectivity index (χ2n) is 16.8. The summed E-state index contributed by atoms with van der Waals surface area (Å²) >= 11 is 0. The molecule has 0 fully saturated rings. The summed E-state index contributed by atoms with van der Waals surface area (Å²) in [5.74, 6) is 2.03. The minimum atomic E-state index is 0.630. The van der Waals surface area contributed by atoms with Gasteiger partial charge in [0.25, 0.3) is 0 Å². The molecule has 3 heterocycles. The van der Waals surface area contributed by atoms with Crippen LogP contribution in [0.5, 0.6) is 0 Å². The molecule has 15 heteroatoms. The average Bonchev–Trinajstić information content (AvgIpc) is 3.81. The van der Waals surface area contributed by atoms with E-state index in [1.165, 1.54) is 76.4 Å². The third-order valence-electron chi connectivity index (χ3n) is 13.8. The van der Waals surface area contributed by atoms with E-state index in [0.717, 1.165) is 55.4 Å². The van der Waals surface area contributed by atoms with E-state index in [1.807, 2.05) is 0 Å². The Bertz CT molecular complexity index is 3310. The van der Waals surface area contributed by atoms with Crippen LogP contribution < -0.4 is 54.6 Å². The number of para-hydroxylation sites is 2. The van der Waals surface area contributed by atoms with E-state index < -0.39 is 0 Å². The Kier molecular flexibility index (Phi) is 9.02. The van der Waals surface area contributed by atoms with Gasteiger partial charge in [0.2, 0.25) is 0 Å². The fourth-order valence-electron chi connectivity index (χ4n) is 9.50. The van der Waals surface area contributed by atoms with Gasteiger partial charge in [-0.15, -0.1) is 32.8 Å². The van der Waals surface area contributed by atoms with Gasteiger partial charge in [0.1, 0.15) is 89.6 Å². The molecule has 0 bridgehead atoms. The minimum Gasteiger partial charge on any atom is -0.456 e. The molecular weight excluding hydrogens is 721 g/mol. The predicted octanol–water partition coefficient (Wildman–Crippen LogP) is -5.88.